The van der Waals surface area contributed by atoms with E-state index in [1.807, 2.05) is 24.3 Å². The van der Waals surface area contributed by atoms with Crippen LogP contribution in [-0.2, 0) is 9.53 Å². The van der Waals surface area contributed by atoms with Gasteiger partial charge >= 0.3 is 0 Å². The van der Waals surface area contributed by atoms with E-state index in [0.29, 0.717) is 16.9 Å². The number of fused-ring (bicyclic) bond motifs is 1. The molecule has 10 heteroatoms. The highest BCUT2D eigenvalue weighted by Crippen LogP contribution is 2.37. The Kier molecular flexibility index (Phi) is 7.57. The van der Waals surface area contributed by atoms with E-state index in [0.717, 1.165) is 74.5 Å². The molecule has 1 saturated carbocycles. The molecular formula is C26H34ClN7O2. The van der Waals surface area contributed by atoms with Crippen LogP contribution >= 0.6 is 11.6 Å². The van der Waals surface area contributed by atoms with Crippen molar-refractivity contribution in [3.63, 3.8) is 0 Å². The number of nitrogens with zero attached hydrogens (tertiary/aromatic N) is 4. The molecule has 36 heavy (non-hydrogen) atoms. The Balaban J connectivity index is 1.43. The molecule has 1 aromatic carbocycles. The fraction of sp³-hybridized carbons (Fsp3) is 0.538. The van der Waals surface area contributed by atoms with Gasteiger partial charge in [-0.1, -0.05) is 17.7 Å². The Morgan fingerprint density at radius 1 is 1.19 bits per heavy atom. The second-order valence-corrected chi connectivity index (χ2v) is 10.4. The molecule has 5 rings (SSSR count). The highest BCUT2D eigenvalue weighted by Gasteiger charge is 2.27. The number of nitrogens with one attached hydrogen (secondary N) is 3. The van der Waals surface area contributed by atoms with Gasteiger partial charge in [-0.2, -0.15) is 4.98 Å². The van der Waals surface area contributed by atoms with E-state index in [2.05, 4.69) is 32.4 Å². The van der Waals surface area contributed by atoms with Crippen LogP contribution in [0.25, 0.3) is 11.2 Å². The summed E-state index contributed by atoms with van der Waals surface area (Å²) < 4.78 is 7.91. The van der Waals surface area contributed by atoms with Crippen molar-refractivity contribution < 1.29 is 9.53 Å². The van der Waals surface area contributed by atoms with Gasteiger partial charge in [0.25, 0.3) is 0 Å². The van der Waals surface area contributed by atoms with E-state index in [1.165, 1.54) is 0 Å². The van der Waals surface area contributed by atoms with E-state index in [1.54, 1.807) is 13.1 Å². The summed E-state index contributed by atoms with van der Waals surface area (Å²) in [4.78, 5) is 25.7. The van der Waals surface area contributed by atoms with Crippen LogP contribution in [0, 0.1) is 5.92 Å². The summed E-state index contributed by atoms with van der Waals surface area (Å²) in [6, 6.07) is 8.17. The van der Waals surface area contributed by atoms with Gasteiger partial charge in [0, 0.05) is 42.9 Å². The lowest BCUT2D eigenvalue weighted by Crippen LogP contribution is -2.33. The standard InChI is InChI=1S/C26H34ClN7O2/c1-16-12-21(10-11-36-16)30-25-29-15-23-24(33-25)34(22-8-6-18(7-9-22)14-28-17(2)35)26(32-23)31-20-5-3-4-19(27)13-20/h3-5,13,15-16,18,21-22H,6-12,14H2,1-2H3,(H,28,35)(H,31,32)(H,29,30,33)/t16-,18?,21-,22?/m0/s1. The summed E-state index contributed by atoms with van der Waals surface area (Å²) in [5, 5.41) is 10.6. The van der Waals surface area contributed by atoms with E-state index >= 15 is 0 Å². The molecule has 2 atom stereocenters. The average molecular weight is 512 g/mol. The summed E-state index contributed by atoms with van der Waals surface area (Å²) in [6.45, 7) is 5.15. The molecular weight excluding hydrogens is 478 g/mol. The monoisotopic (exact) mass is 511 g/mol. The first kappa shape index (κ1) is 24.8. The third kappa shape index (κ3) is 5.90. The molecule has 9 nitrogen and oxygen atoms in total. The zero-order valence-electron chi connectivity index (χ0n) is 20.8. The minimum Gasteiger partial charge on any atom is -0.378 e. The Morgan fingerprint density at radius 3 is 2.78 bits per heavy atom. The summed E-state index contributed by atoms with van der Waals surface area (Å²) in [5.74, 6) is 1.88. The second-order valence-electron chi connectivity index (χ2n) is 10.0. The summed E-state index contributed by atoms with van der Waals surface area (Å²) >= 11 is 6.23. The molecule has 192 valence electrons. The van der Waals surface area contributed by atoms with Crippen LogP contribution < -0.4 is 16.0 Å². The number of carbonyl (C=O) groups is 1. The maximum atomic E-state index is 11.4. The van der Waals surface area contributed by atoms with Gasteiger partial charge in [0.2, 0.25) is 17.8 Å². The number of halogens is 1. The minimum absolute atomic E-state index is 0.0291. The Labute approximate surface area is 216 Å². The van der Waals surface area contributed by atoms with Gasteiger partial charge in [0.1, 0.15) is 5.52 Å². The van der Waals surface area contributed by atoms with E-state index in [9.17, 15) is 4.79 Å². The van der Waals surface area contributed by atoms with Crippen molar-refractivity contribution in [2.45, 2.75) is 70.6 Å². The first-order valence-corrected chi connectivity index (χ1v) is 13.2. The summed E-state index contributed by atoms with van der Waals surface area (Å²) in [7, 11) is 0. The Morgan fingerprint density at radius 2 is 2.03 bits per heavy atom. The van der Waals surface area contributed by atoms with Gasteiger partial charge in [0.05, 0.1) is 12.3 Å². The third-order valence-electron chi connectivity index (χ3n) is 7.15. The number of amides is 1. The fourth-order valence-corrected chi connectivity index (χ4v) is 5.49. The molecule has 0 radical (unpaired) electrons. The zero-order chi connectivity index (χ0) is 25.1. The van der Waals surface area contributed by atoms with Crippen LogP contribution in [0.3, 0.4) is 0 Å². The lowest BCUT2D eigenvalue weighted by atomic mass is 9.86. The normalized spacial score (nSPS) is 24.4. The molecule has 0 unspecified atom stereocenters. The topological polar surface area (TPSA) is 106 Å². The van der Waals surface area contributed by atoms with Crippen molar-refractivity contribution in [2.24, 2.45) is 5.92 Å². The molecule has 2 aliphatic rings. The van der Waals surface area contributed by atoms with Gasteiger partial charge < -0.3 is 20.7 Å². The van der Waals surface area contributed by atoms with Crippen LogP contribution in [0.15, 0.2) is 30.5 Å². The second kappa shape index (κ2) is 11.0. The van der Waals surface area contributed by atoms with E-state index in [-0.39, 0.29) is 24.1 Å². The molecule has 1 amide bonds. The predicted molar refractivity (Wildman–Crippen MR) is 142 cm³/mol. The van der Waals surface area contributed by atoms with Crippen LogP contribution in [0.1, 0.15) is 58.4 Å². The zero-order valence-corrected chi connectivity index (χ0v) is 21.6. The number of aromatic nitrogens is 4. The van der Waals surface area contributed by atoms with Crippen LogP contribution in [-0.4, -0.2) is 50.7 Å². The van der Waals surface area contributed by atoms with Gasteiger partial charge in [-0.25, -0.2) is 9.97 Å². The SMILES string of the molecule is CC(=O)NCC1CCC(n2c(Nc3cccc(Cl)c3)nc3cnc(N[C@H]4CCO[C@@H](C)C4)nc32)CC1. The third-order valence-corrected chi connectivity index (χ3v) is 7.39. The number of hydrogen-bond donors (Lipinski definition) is 3. The molecule has 0 spiro atoms. The molecule has 3 N–H and O–H groups in total. The van der Waals surface area contributed by atoms with Crippen molar-refractivity contribution in [3.8, 4) is 0 Å². The van der Waals surface area contributed by atoms with Crippen LogP contribution in [0.2, 0.25) is 5.02 Å². The highest BCUT2D eigenvalue weighted by atomic mass is 35.5. The maximum absolute atomic E-state index is 11.4. The maximum Gasteiger partial charge on any atom is 0.224 e. The highest BCUT2D eigenvalue weighted by molar-refractivity contribution is 6.30. The summed E-state index contributed by atoms with van der Waals surface area (Å²) in [6.07, 6.45) is 7.95. The average Bonchev–Trinajstić information content (AvgIpc) is 3.20. The molecule has 3 heterocycles. The largest absolute Gasteiger partial charge is 0.378 e. The smallest absolute Gasteiger partial charge is 0.224 e. The number of benzene rings is 1. The first-order valence-electron chi connectivity index (χ1n) is 12.8. The van der Waals surface area contributed by atoms with Crippen molar-refractivity contribution in [1.29, 1.82) is 0 Å². The number of hydrogen-bond acceptors (Lipinski definition) is 7. The first-order chi connectivity index (χ1) is 17.4. The lowest BCUT2D eigenvalue weighted by molar-refractivity contribution is -0.119. The van der Waals surface area contributed by atoms with Crippen LogP contribution in [0.5, 0.6) is 0 Å². The Hall–Kier alpha value is -2.91. The van der Waals surface area contributed by atoms with E-state index in [4.69, 9.17) is 26.3 Å². The number of ether oxygens (including phenoxy) is 1. The lowest BCUT2D eigenvalue weighted by Gasteiger charge is -2.30. The quantitative estimate of drug-likeness (QED) is 0.406. The molecule has 1 saturated heterocycles. The van der Waals surface area contributed by atoms with Gasteiger partial charge in [-0.3, -0.25) is 9.36 Å². The fourth-order valence-electron chi connectivity index (χ4n) is 5.30. The van der Waals surface area contributed by atoms with Crippen LogP contribution in [0.4, 0.5) is 17.6 Å². The number of rotatable bonds is 7. The molecule has 0 bridgehead atoms. The van der Waals surface area contributed by atoms with Gasteiger partial charge in [0.15, 0.2) is 5.65 Å². The minimum atomic E-state index is 0.0291. The molecule has 1 aliphatic carbocycles. The van der Waals surface area contributed by atoms with Crippen molar-refractivity contribution >= 4 is 46.3 Å². The van der Waals surface area contributed by atoms with Gasteiger partial charge in [-0.15, -0.1) is 0 Å². The number of carbonyl (C=O) groups excluding carboxylic acids is 1. The molecule has 2 aromatic heterocycles. The molecule has 3 aromatic rings. The predicted octanol–water partition coefficient (Wildman–Crippen LogP) is 5.07. The Bertz CT molecular complexity index is 1210. The molecule has 1 aliphatic heterocycles. The van der Waals surface area contributed by atoms with Crippen molar-refractivity contribution in [2.75, 3.05) is 23.8 Å². The van der Waals surface area contributed by atoms with Crippen molar-refractivity contribution in [3.05, 3.63) is 35.5 Å². The van der Waals surface area contributed by atoms with E-state index < -0.39 is 0 Å². The summed E-state index contributed by atoms with van der Waals surface area (Å²) in [5.41, 5.74) is 2.45. The number of imidazole rings is 1. The molecule has 2 fully saturated rings. The number of anilines is 3. The van der Waals surface area contributed by atoms with Gasteiger partial charge in [-0.05, 0) is 69.6 Å². The van der Waals surface area contributed by atoms with Crippen molar-refractivity contribution in [1.82, 2.24) is 24.8 Å².